The summed E-state index contributed by atoms with van der Waals surface area (Å²) in [5.41, 5.74) is 1.17. The van der Waals surface area contributed by atoms with Gasteiger partial charge < -0.3 is 9.30 Å². The predicted octanol–water partition coefficient (Wildman–Crippen LogP) is 6.07. The maximum atomic E-state index is 13.4. The van der Waals surface area contributed by atoms with Gasteiger partial charge in [0.2, 0.25) is 0 Å². The highest BCUT2D eigenvalue weighted by Crippen LogP contribution is 2.35. The minimum absolute atomic E-state index is 0.218. The second kappa shape index (κ2) is 6.83. The normalized spacial score (nSPS) is 12.0. The zero-order chi connectivity index (χ0) is 21.8. The Morgan fingerprint density at radius 1 is 0.968 bits per heavy atom. The Bertz CT molecular complexity index is 1440. The number of fused-ring (bicyclic) bond motifs is 2. The van der Waals surface area contributed by atoms with E-state index in [2.05, 4.69) is 15.2 Å². The van der Waals surface area contributed by atoms with E-state index < -0.39 is 17.6 Å². The number of ether oxygens (including phenoxy) is 1. The molecule has 0 spiro atoms. The van der Waals surface area contributed by atoms with Crippen molar-refractivity contribution in [2.45, 2.75) is 6.18 Å². The summed E-state index contributed by atoms with van der Waals surface area (Å²) < 4.78 is 60.0. The Morgan fingerprint density at radius 2 is 1.77 bits per heavy atom. The van der Waals surface area contributed by atoms with Gasteiger partial charge in [-0.05, 0) is 48.5 Å². The third-order valence-corrected chi connectivity index (χ3v) is 4.99. The molecule has 2 heterocycles. The first-order chi connectivity index (χ1) is 14.8. The van der Waals surface area contributed by atoms with Crippen molar-refractivity contribution in [3.8, 4) is 23.0 Å². The van der Waals surface area contributed by atoms with Crippen LogP contribution in [0.4, 0.5) is 17.6 Å². The van der Waals surface area contributed by atoms with E-state index in [1.54, 1.807) is 41.9 Å². The van der Waals surface area contributed by atoms with Crippen LogP contribution in [0.3, 0.4) is 0 Å². The SMILES string of the molecule is Cn1c(-c2n[nH]c3ccc(Oc4cccc(F)c4)cc23)nc2cc(C(F)(F)F)ccc21. The van der Waals surface area contributed by atoms with Crippen molar-refractivity contribution in [1.29, 1.82) is 0 Å². The summed E-state index contributed by atoms with van der Waals surface area (Å²) in [6.07, 6.45) is -4.45. The molecule has 5 aromatic rings. The van der Waals surface area contributed by atoms with Crippen molar-refractivity contribution in [3.63, 3.8) is 0 Å². The molecule has 0 aliphatic rings. The third kappa shape index (κ3) is 3.37. The highest BCUT2D eigenvalue weighted by molar-refractivity contribution is 5.94. The Labute approximate surface area is 172 Å². The molecule has 3 aromatic carbocycles. The van der Waals surface area contributed by atoms with Gasteiger partial charge >= 0.3 is 6.18 Å². The molecule has 0 saturated heterocycles. The summed E-state index contributed by atoms with van der Waals surface area (Å²) in [5, 5.41) is 7.87. The molecule has 9 heteroatoms. The standard InChI is InChI=1S/C22H14F4N4O/c1-30-19-8-5-12(22(24,25)26)9-18(19)27-21(30)20-16-11-15(6-7-17(16)28-29-20)31-14-4-2-3-13(23)10-14/h2-11H,1H3,(H,28,29). The molecule has 0 amide bonds. The third-order valence-electron chi connectivity index (χ3n) is 4.99. The lowest BCUT2D eigenvalue weighted by Crippen LogP contribution is -2.04. The van der Waals surface area contributed by atoms with E-state index in [-0.39, 0.29) is 5.52 Å². The largest absolute Gasteiger partial charge is 0.457 e. The van der Waals surface area contributed by atoms with Crippen LogP contribution >= 0.6 is 0 Å². The highest BCUT2D eigenvalue weighted by Gasteiger charge is 2.31. The lowest BCUT2D eigenvalue weighted by Gasteiger charge is -2.06. The number of benzene rings is 3. The van der Waals surface area contributed by atoms with Gasteiger partial charge in [-0.25, -0.2) is 9.37 Å². The van der Waals surface area contributed by atoms with Gasteiger partial charge in [-0.1, -0.05) is 6.07 Å². The number of rotatable bonds is 3. The summed E-state index contributed by atoms with van der Waals surface area (Å²) in [4.78, 5) is 4.39. The number of aromatic nitrogens is 4. The molecule has 156 valence electrons. The molecule has 1 N–H and O–H groups in total. The van der Waals surface area contributed by atoms with Crippen LogP contribution in [-0.4, -0.2) is 19.7 Å². The van der Waals surface area contributed by atoms with E-state index in [1.165, 1.54) is 18.2 Å². The molecule has 0 unspecified atom stereocenters. The molecule has 0 aliphatic carbocycles. The predicted molar refractivity (Wildman–Crippen MR) is 107 cm³/mol. The Morgan fingerprint density at radius 3 is 2.55 bits per heavy atom. The topological polar surface area (TPSA) is 55.7 Å². The number of imidazole rings is 1. The molecule has 5 nitrogen and oxygen atoms in total. The van der Waals surface area contributed by atoms with Crippen LogP contribution in [0.5, 0.6) is 11.5 Å². The van der Waals surface area contributed by atoms with Crippen LogP contribution in [0, 0.1) is 5.82 Å². The van der Waals surface area contributed by atoms with E-state index in [0.717, 1.165) is 12.1 Å². The zero-order valence-corrected chi connectivity index (χ0v) is 16.0. The molecular weight excluding hydrogens is 412 g/mol. The van der Waals surface area contributed by atoms with Gasteiger partial charge in [0.1, 0.15) is 23.0 Å². The van der Waals surface area contributed by atoms with Crippen LogP contribution in [0.15, 0.2) is 60.7 Å². The molecule has 31 heavy (non-hydrogen) atoms. The number of aromatic amines is 1. The summed E-state index contributed by atoms with van der Waals surface area (Å²) in [6, 6.07) is 14.4. The highest BCUT2D eigenvalue weighted by atomic mass is 19.4. The number of halogens is 4. The number of nitrogens with one attached hydrogen (secondary N) is 1. The van der Waals surface area contributed by atoms with Crippen molar-refractivity contribution >= 4 is 21.9 Å². The van der Waals surface area contributed by atoms with Gasteiger partial charge in [0.25, 0.3) is 0 Å². The molecule has 2 aromatic heterocycles. The van der Waals surface area contributed by atoms with Gasteiger partial charge in [-0.2, -0.15) is 18.3 Å². The van der Waals surface area contributed by atoms with Crippen molar-refractivity contribution in [2.24, 2.45) is 7.05 Å². The van der Waals surface area contributed by atoms with Crippen molar-refractivity contribution in [3.05, 3.63) is 72.0 Å². The summed E-state index contributed by atoms with van der Waals surface area (Å²) in [6.45, 7) is 0. The van der Waals surface area contributed by atoms with E-state index in [9.17, 15) is 17.6 Å². The molecule has 0 saturated carbocycles. The lowest BCUT2D eigenvalue weighted by atomic mass is 10.2. The molecule has 0 fully saturated rings. The molecule has 0 radical (unpaired) electrons. The van der Waals surface area contributed by atoms with E-state index in [1.807, 2.05) is 0 Å². The van der Waals surface area contributed by atoms with Crippen LogP contribution < -0.4 is 4.74 Å². The maximum Gasteiger partial charge on any atom is 0.416 e. The number of hydrogen-bond acceptors (Lipinski definition) is 3. The van der Waals surface area contributed by atoms with Crippen LogP contribution in [0.1, 0.15) is 5.56 Å². The van der Waals surface area contributed by atoms with Crippen molar-refractivity contribution < 1.29 is 22.3 Å². The summed E-state index contributed by atoms with van der Waals surface area (Å²) >= 11 is 0. The number of H-pyrrole nitrogens is 1. The monoisotopic (exact) mass is 426 g/mol. The molecule has 0 aliphatic heterocycles. The van der Waals surface area contributed by atoms with E-state index >= 15 is 0 Å². The van der Waals surface area contributed by atoms with Crippen molar-refractivity contribution in [2.75, 3.05) is 0 Å². The molecule has 0 bridgehead atoms. The van der Waals surface area contributed by atoms with E-state index in [0.29, 0.717) is 39.4 Å². The summed E-state index contributed by atoms with van der Waals surface area (Å²) in [5.74, 6) is 0.787. The molecule has 0 atom stereocenters. The minimum Gasteiger partial charge on any atom is -0.457 e. The van der Waals surface area contributed by atoms with Crippen molar-refractivity contribution in [1.82, 2.24) is 19.7 Å². The zero-order valence-electron chi connectivity index (χ0n) is 16.0. The molecule has 5 rings (SSSR count). The Hall–Kier alpha value is -3.88. The van der Waals surface area contributed by atoms with Crippen LogP contribution in [0.2, 0.25) is 0 Å². The van der Waals surface area contributed by atoms with E-state index in [4.69, 9.17) is 4.74 Å². The fourth-order valence-corrected chi connectivity index (χ4v) is 3.48. The second-order valence-electron chi connectivity index (χ2n) is 7.03. The first-order valence-corrected chi connectivity index (χ1v) is 9.25. The van der Waals surface area contributed by atoms with Gasteiger partial charge in [0, 0.05) is 18.5 Å². The quantitative estimate of drug-likeness (QED) is 0.357. The first-order valence-electron chi connectivity index (χ1n) is 9.25. The number of nitrogens with zero attached hydrogens (tertiary/aromatic N) is 3. The minimum atomic E-state index is -4.45. The number of aryl methyl sites for hydroxylation is 1. The Balaban J connectivity index is 1.60. The second-order valence-corrected chi connectivity index (χ2v) is 7.03. The van der Waals surface area contributed by atoms with Crippen LogP contribution in [0.25, 0.3) is 33.5 Å². The van der Waals surface area contributed by atoms with Gasteiger partial charge in [0.15, 0.2) is 5.82 Å². The number of alkyl halides is 3. The van der Waals surface area contributed by atoms with Gasteiger partial charge in [0.05, 0.1) is 22.1 Å². The molecular formula is C22H14F4N4O. The Kier molecular flexibility index (Phi) is 4.21. The maximum absolute atomic E-state index is 13.4. The first kappa shape index (κ1) is 19.1. The lowest BCUT2D eigenvalue weighted by molar-refractivity contribution is -0.137. The average Bonchev–Trinajstić information content (AvgIpc) is 3.27. The van der Waals surface area contributed by atoms with Crippen LogP contribution in [-0.2, 0) is 13.2 Å². The number of hydrogen-bond donors (Lipinski definition) is 1. The summed E-state index contributed by atoms with van der Waals surface area (Å²) in [7, 11) is 1.71. The van der Waals surface area contributed by atoms with Gasteiger partial charge in [-0.15, -0.1) is 0 Å². The fraction of sp³-hybridized carbons (Fsp3) is 0.0909. The van der Waals surface area contributed by atoms with Gasteiger partial charge in [-0.3, -0.25) is 5.10 Å². The average molecular weight is 426 g/mol. The fourth-order valence-electron chi connectivity index (χ4n) is 3.48. The smallest absolute Gasteiger partial charge is 0.416 e.